The van der Waals surface area contributed by atoms with Gasteiger partial charge in [0.25, 0.3) is 0 Å². The van der Waals surface area contributed by atoms with Crippen molar-refractivity contribution in [2.24, 2.45) is 0 Å². The molecule has 0 saturated carbocycles. The van der Waals surface area contributed by atoms with Crippen LogP contribution in [0.5, 0.6) is 5.75 Å². The van der Waals surface area contributed by atoms with Gasteiger partial charge in [0.15, 0.2) is 11.6 Å². The van der Waals surface area contributed by atoms with Gasteiger partial charge in [-0.1, -0.05) is 30.3 Å². The average Bonchev–Trinajstić information content (AvgIpc) is 3.13. The van der Waals surface area contributed by atoms with Crippen molar-refractivity contribution >= 4 is 43.0 Å². The lowest BCUT2D eigenvalue weighted by atomic mass is 10.0. The molecule has 0 radical (unpaired) electrons. The van der Waals surface area contributed by atoms with Crippen LogP contribution in [0.3, 0.4) is 0 Å². The van der Waals surface area contributed by atoms with Crippen molar-refractivity contribution in [2.45, 2.75) is 18.9 Å². The average molecular weight is 419 g/mol. The summed E-state index contributed by atoms with van der Waals surface area (Å²) in [5, 5.41) is 0. The Hall–Kier alpha value is -1.20. The molecule has 0 aliphatic carbocycles. The number of likely N-dealkylation sites (tertiary alicyclic amines) is 1. The van der Waals surface area contributed by atoms with E-state index in [2.05, 4.69) is 45.1 Å². The van der Waals surface area contributed by atoms with E-state index in [1.807, 2.05) is 18.3 Å². The third-order valence-electron chi connectivity index (χ3n) is 4.80. The topological polar surface area (TPSA) is 28.6 Å². The predicted octanol–water partition coefficient (Wildman–Crippen LogP) is 4.38. The molecule has 0 bridgehead atoms. The Morgan fingerprint density at radius 1 is 0.923 bits per heavy atom. The first-order chi connectivity index (χ1) is 11.4. The number of nitrogens with zero attached hydrogens (tertiary/aromatic N) is 3. The lowest BCUT2D eigenvalue weighted by Crippen LogP contribution is -2.42. The third kappa shape index (κ3) is 4.95. The number of pyridine rings is 1. The molecule has 0 amide bonds. The summed E-state index contributed by atoms with van der Waals surface area (Å²) < 4.78 is 5.79. The standard InChI is InChI=1S/C19H23N3O.3ClH/c1-2-7-16(8-3-1)17(15-21-11-4-5-12-21)22-13-14-23-18-9-6-10-20-19(18)22;;;/h1-3,6-10,17H,4-5,11-15H2;3*1H. The Kier molecular flexibility index (Phi) is 9.51. The summed E-state index contributed by atoms with van der Waals surface area (Å²) in [4.78, 5) is 9.61. The van der Waals surface area contributed by atoms with Crippen molar-refractivity contribution in [3.63, 3.8) is 0 Å². The number of fused-ring (bicyclic) bond motifs is 1. The molecule has 1 aromatic heterocycles. The molecule has 7 heteroatoms. The fraction of sp³-hybridized carbons (Fsp3) is 0.421. The van der Waals surface area contributed by atoms with Crippen LogP contribution in [0.25, 0.3) is 0 Å². The number of ether oxygens (including phenoxy) is 1. The number of hydrogen-bond donors (Lipinski definition) is 0. The number of aromatic nitrogens is 1. The van der Waals surface area contributed by atoms with Crippen LogP contribution in [-0.4, -0.2) is 42.7 Å². The van der Waals surface area contributed by atoms with Crippen LogP contribution >= 0.6 is 37.2 Å². The van der Waals surface area contributed by atoms with Crippen LogP contribution in [-0.2, 0) is 0 Å². The fourth-order valence-electron chi connectivity index (χ4n) is 3.64. The van der Waals surface area contributed by atoms with Gasteiger partial charge in [-0.05, 0) is 43.6 Å². The van der Waals surface area contributed by atoms with E-state index in [-0.39, 0.29) is 37.2 Å². The van der Waals surface area contributed by atoms with E-state index in [1.54, 1.807) is 0 Å². The molecule has 4 rings (SSSR count). The predicted molar refractivity (Wildman–Crippen MR) is 114 cm³/mol. The van der Waals surface area contributed by atoms with Gasteiger partial charge in [-0.2, -0.15) is 0 Å². The maximum atomic E-state index is 5.79. The Balaban J connectivity index is 0.00000113. The zero-order chi connectivity index (χ0) is 15.5. The highest BCUT2D eigenvalue weighted by Gasteiger charge is 2.29. The SMILES string of the molecule is Cl.Cl.Cl.c1ccc(C(CN2CCCC2)N2CCOc3cccnc32)cc1. The molecule has 3 heterocycles. The van der Waals surface area contributed by atoms with Gasteiger partial charge < -0.3 is 14.5 Å². The minimum atomic E-state index is 0. The Labute approximate surface area is 174 Å². The summed E-state index contributed by atoms with van der Waals surface area (Å²) in [6.45, 7) is 5.09. The van der Waals surface area contributed by atoms with E-state index in [1.165, 1.54) is 31.5 Å². The lowest BCUT2D eigenvalue weighted by molar-refractivity contribution is 0.270. The van der Waals surface area contributed by atoms with Crippen LogP contribution in [0.15, 0.2) is 48.7 Å². The number of hydrogen-bond acceptors (Lipinski definition) is 4. The molecular weight excluding hydrogens is 393 g/mol. The molecule has 144 valence electrons. The molecule has 1 saturated heterocycles. The second-order valence-electron chi connectivity index (χ2n) is 6.30. The highest BCUT2D eigenvalue weighted by Crippen LogP contribution is 2.35. The maximum absolute atomic E-state index is 5.79. The molecule has 2 aromatic rings. The number of anilines is 1. The van der Waals surface area contributed by atoms with E-state index >= 15 is 0 Å². The molecule has 0 N–H and O–H groups in total. The number of benzene rings is 1. The van der Waals surface area contributed by atoms with Gasteiger partial charge in [-0.25, -0.2) is 4.98 Å². The van der Waals surface area contributed by atoms with Crippen LogP contribution in [0.4, 0.5) is 5.82 Å². The van der Waals surface area contributed by atoms with Gasteiger partial charge in [0.2, 0.25) is 0 Å². The largest absolute Gasteiger partial charge is 0.488 e. The van der Waals surface area contributed by atoms with Crippen LogP contribution < -0.4 is 9.64 Å². The van der Waals surface area contributed by atoms with Crippen LogP contribution in [0.2, 0.25) is 0 Å². The van der Waals surface area contributed by atoms with E-state index in [9.17, 15) is 0 Å². The van der Waals surface area contributed by atoms with Crippen LogP contribution in [0.1, 0.15) is 24.4 Å². The molecule has 1 aromatic carbocycles. The summed E-state index contributed by atoms with van der Waals surface area (Å²) in [5.74, 6) is 1.88. The van der Waals surface area contributed by atoms with Crippen LogP contribution in [0, 0.1) is 0 Å². The highest BCUT2D eigenvalue weighted by molar-refractivity contribution is 5.86. The summed E-state index contributed by atoms with van der Waals surface area (Å²) in [5.41, 5.74) is 1.36. The van der Waals surface area contributed by atoms with Gasteiger partial charge in [0, 0.05) is 12.7 Å². The van der Waals surface area contributed by atoms with E-state index in [4.69, 9.17) is 4.74 Å². The second-order valence-corrected chi connectivity index (χ2v) is 6.30. The molecule has 2 aliphatic heterocycles. The second kappa shape index (κ2) is 10.8. The first-order valence-electron chi connectivity index (χ1n) is 8.53. The van der Waals surface area contributed by atoms with Crippen molar-refractivity contribution in [1.82, 2.24) is 9.88 Å². The quantitative estimate of drug-likeness (QED) is 0.736. The van der Waals surface area contributed by atoms with Gasteiger partial charge >= 0.3 is 0 Å². The Bertz CT molecular complexity index is 653. The smallest absolute Gasteiger partial charge is 0.172 e. The summed E-state index contributed by atoms with van der Waals surface area (Å²) in [6.07, 6.45) is 4.50. The molecule has 2 aliphatic rings. The molecule has 26 heavy (non-hydrogen) atoms. The zero-order valence-corrected chi connectivity index (χ0v) is 17.1. The molecule has 1 fully saturated rings. The molecule has 1 unspecified atom stereocenters. The minimum absolute atomic E-state index is 0. The maximum Gasteiger partial charge on any atom is 0.172 e. The lowest BCUT2D eigenvalue weighted by Gasteiger charge is -2.38. The zero-order valence-electron chi connectivity index (χ0n) is 14.6. The van der Waals surface area contributed by atoms with Crippen molar-refractivity contribution in [2.75, 3.05) is 37.7 Å². The Morgan fingerprint density at radius 2 is 1.65 bits per heavy atom. The normalized spacial score (nSPS) is 17.0. The van der Waals surface area contributed by atoms with E-state index in [0.29, 0.717) is 6.04 Å². The van der Waals surface area contributed by atoms with Crippen molar-refractivity contribution in [3.05, 3.63) is 54.2 Å². The van der Waals surface area contributed by atoms with Crippen molar-refractivity contribution in [3.8, 4) is 5.75 Å². The molecule has 4 nitrogen and oxygen atoms in total. The first-order valence-corrected chi connectivity index (χ1v) is 8.53. The third-order valence-corrected chi connectivity index (χ3v) is 4.80. The van der Waals surface area contributed by atoms with Gasteiger partial charge in [0.05, 0.1) is 12.6 Å². The highest BCUT2D eigenvalue weighted by atomic mass is 35.5. The summed E-state index contributed by atoms with van der Waals surface area (Å²) in [6, 6.07) is 15.1. The fourth-order valence-corrected chi connectivity index (χ4v) is 3.64. The van der Waals surface area contributed by atoms with Gasteiger partial charge in [-0.15, -0.1) is 37.2 Å². The summed E-state index contributed by atoms with van der Waals surface area (Å²) >= 11 is 0. The summed E-state index contributed by atoms with van der Waals surface area (Å²) in [7, 11) is 0. The first kappa shape index (κ1) is 22.8. The molecule has 0 spiro atoms. The number of halogens is 3. The minimum Gasteiger partial charge on any atom is -0.488 e. The monoisotopic (exact) mass is 417 g/mol. The Morgan fingerprint density at radius 3 is 2.38 bits per heavy atom. The van der Waals surface area contributed by atoms with E-state index < -0.39 is 0 Å². The molecule has 1 atom stereocenters. The van der Waals surface area contributed by atoms with Crippen molar-refractivity contribution < 1.29 is 4.74 Å². The molecular formula is C19H26Cl3N3O. The van der Waals surface area contributed by atoms with Gasteiger partial charge in [0.1, 0.15) is 6.61 Å². The van der Waals surface area contributed by atoms with E-state index in [0.717, 1.165) is 31.3 Å². The number of rotatable bonds is 4. The van der Waals surface area contributed by atoms with Gasteiger partial charge in [-0.3, -0.25) is 0 Å². The van der Waals surface area contributed by atoms with Crippen molar-refractivity contribution in [1.29, 1.82) is 0 Å².